The zero-order valence-corrected chi connectivity index (χ0v) is 14.7. The molecule has 0 spiro atoms. The number of nitrogens with one attached hydrogen (secondary N) is 1. The SMILES string of the molecule is COc1cc(CNc2nccs2)ccc1OCc1cccc(Cl)c1. The van der Waals surface area contributed by atoms with Gasteiger partial charge in [0.1, 0.15) is 6.61 Å². The average Bonchev–Trinajstić information content (AvgIpc) is 3.12. The van der Waals surface area contributed by atoms with Crippen LogP contribution in [0.15, 0.2) is 54.0 Å². The number of hydrogen-bond donors (Lipinski definition) is 1. The van der Waals surface area contributed by atoms with E-state index in [1.54, 1.807) is 24.6 Å². The van der Waals surface area contributed by atoms with E-state index in [0.29, 0.717) is 29.7 Å². The highest BCUT2D eigenvalue weighted by Crippen LogP contribution is 2.29. The molecule has 124 valence electrons. The Morgan fingerprint density at radius 2 is 2.04 bits per heavy atom. The largest absolute Gasteiger partial charge is 0.493 e. The molecule has 0 aliphatic heterocycles. The zero-order chi connectivity index (χ0) is 16.8. The number of nitrogens with zero attached hydrogens (tertiary/aromatic N) is 1. The first-order valence-corrected chi connectivity index (χ1v) is 8.68. The van der Waals surface area contributed by atoms with E-state index < -0.39 is 0 Å². The van der Waals surface area contributed by atoms with E-state index in [-0.39, 0.29) is 0 Å². The summed E-state index contributed by atoms with van der Waals surface area (Å²) in [5.74, 6) is 1.41. The van der Waals surface area contributed by atoms with Crippen molar-refractivity contribution in [3.63, 3.8) is 0 Å². The molecular formula is C18H17ClN2O2S. The Morgan fingerprint density at radius 1 is 1.12 bits per heavy atom. The van der Waals surface area contributed by atoms with Crippen molar-refractivity contribution in [3.8, 4) is 11.5 Å². The number of halogens is 1. The minimum atomic E-state index is 0.438. The van der Waals surface area contributed by atoms with E-state index in [4.69, 9.17) is 21.1 Å². The minimum absolute atomic E-state index is 0.438. The molecule has 0 radical (unpaired) electrons. The molecule has 3 rings (SSSR count). The van der Waals surface area contributed by atoms with E-state index in [9.17, 15) is 0 Å². The second kappa shape index (κ2) is 8.04. The van der Waals surface area contributed by atoms with Crippen molar-refractivity contribution in [3.05, 3.63) is 70.2 Å². The Hall–Kier alpha value is -2.24. The van der Waals surface area contributed by atoms with Gasteiger partial charge in [-0.3, -0.25) is 0 Å². The second-order valence-corrected chi connectivity index (χ2v) is 6.43. The van der Waals surface area contributed by atoms with Crippen LogP contribution >= 0.6 is 22.9 Å². The van der Waals surface area contributed by atoms with E-state index in [0.717, 1.165) is 16.3 Å². The molecule has 6 heteroatoms. The van der Waals surface area contributed by atoms with Crippen LogP contribution in [-0.2, 0) is 13.2 Å². The highest BCUT2D eigenvalue weighted by atomic mass is 35.5. The summed E-state index contributed by atoms with van der Waals surface area (Å²) in [6.07, 6.45) is 1.78. The molecule has 0 aliphatic carbocycles. The molecule has 3 aromatic rings. The molecule has 4 nitrogen and oxygen atoms in total. The molecule has 0 fully saturated rings. The van der Waals surface area contributed by atoms with Gasteiger partial charge in [0.25, 0.3) is 0 Å². The van der Waals surface area contributed by atoms with Crippen LogP contribution in [0.2, 0.25) is 5.02 Å². The van der Waals surface area contributed by atoms with Gasteiger partial charge in [0.2, 0.25) is 0 Å². The van der Waals surface area contributed by atoms with Gasteiger partial charge < -0.3 is 14.8 Å². The Labute approximate surface area is 150 Å². The highest BCUT2D eigenvalue weighted by molar-refractivity contribution is 7.13. The predicted octanol–water partition coefficient (Wildman–Crippen LogP) is 5.00. The van der Waals surface area contributed by atoms with E-state index in [2.05, 4.69) is 10.3 Å². The molecule has 0 bridgehead atoms. The first kappa shape index (κ1) is 16.6. The second-order valence-electron chi connectivity index (χ2n) is 5.09. The Balaban J connectivity index is 1.65. The van der Waals surface area contributed by atoms with Gasteiger partial charge in [-0.1, -0.05) is 29.8 Å². The first-order valence-electron chi connectivity index (χ1n) is 7.42. The topological polar surface area (TPSA) is 43.4 Å². The highest BCUT2D eigenvalue weighted by Gasteiger charge is 2.07. The molecule has 0 unspecified atom stereocenters. The van der Waals surface area contributed by atoms with Crippen molar-refractivity contribution in [1.82, 2.24) is 4.98 Å². The van der Waals surface area contributed by atoms with Crippen LogP contribution in [0.3, 0.4) is 0 Å². The fourth-order valence-corrected chi connectivity index (χ4v) is 2.96. The fraction of sp³-hybridized carbons (Fsp3) is 0.167. The molecular weight excluding hydrogens is 344 g/mol. The molecule has 0 atom stereocenters. The van der Waals surface area contributed by atoms with Crippen LogP contribution in [0.4, 0.5) is 5.13 Å². The number of methoxy groups -OCH3 is 1. The number of hydrogen-bond acceptors (Lipinski definition) is 5. The van der Waals surface area contributed by atoms with E-state index >= 15 is 0 Å². The van der Waals surface area contributed by atoms with Gasteiger partial charge in [0, 0.05) is 23.1 Å². The molecule has 0 saturated carbocycles. The molecule has 0 saturated heterocycles. The fourth-order valence-electron chi connectivity index (χ4n) is 2.22. The number of aromatic nitrogens is 1. The number of rotatable bonds is 7. The van der Waals surface area contributed by atoms with Gasteiger partial charge in [0.05, 0.1) is 7.11 Å². The molecule has 0 amide bonds. The van der Waals surface area contributed by atoms with Crippen molar-refractivity contribution in [1.29, 1.82) is 0 Å². The van der Waals surface area contributed by atoms with Gasteiger partial charge in [0.15, 0.2) is 16.6 Å². The maximum Gasteiger partial charge on any atom is 0.182 e. The Bertz CT molecular complexity index is 793. The molecule has 1 heterocycles. The smallest absolute Gasteiger partial charge is 0.182 e. The van der Waals surface area contributed by atoms with Crippen molar-refractivity contribution in [2.75, 3.05) is 12.4 Å². The van der Waals surface area contributed by atoms with Gasteiger partial charge in [-0.25, -0.2) is 4.98 Å². The molecule has 1 N–H and O–H groups in total. The predicted molar refractivity (Wildman–Crippen MR) is 98.2 cm³/mol. The third kappa shape index (κ3) is 4.40. The Kier molecular flexibility index (Phi) is 5.56. The van der Waals surface area contributed by atoms with Crippen LogP contribution in [0.25, 0.3) is 0 Å². The summed E-state index contributed by atoms with van der Waals surface area (Å²) in [5, 5.41) is 6.81. The summed E-state index contributed by atoms with van der Waals surface area (Å²) in [6.45, 7) is 1.12. The number of benzene rings is 2. The van der Waals surface area contributed by atoms with Gasteiger partial charge in [-0.15, -0.1) is 11.3 Å². The molecule has 1 aromatic heterocycles. The number of thiazole rings is 1. The summed E-state index contributed by atoms with van der Waals surface area (Å²) < 4.78 is 11.3. The molecule has 0 aliphatic rings. The van der Waals surface area contributed by atoms with Crippen molar-refractivity contribution in [2.24, 2.45) is 0 Å². The summed E-state index contributed by atoms with van der Waals surface area (Å²) in [4.78, 5) is 4.20. The lowest BCUT2D eigenvalue weighted by Gasteiger charge is -2.13. The molecule has 2 aromatic carbocycles. The van der Waals surface area contributed by atoms with Crippen LogP contribution in [-0.4, -0.2) is 12.1 Å². The quantitative estimate of drug-likeness (QED) is 0.644. The van der Waals surface area contributed by atoms with Gasteiger partial charge >= 0.3 is 0 Å². The summed E-state index contributed by atoms with van der Waals surface area (Å²) >= 11 is 7.56. The molecule has 24 heavy (non-hydrogen) atoms. The van der Waals surface area contributed by atoms with Crippen LogP contribution in [0, 0.1) is 0 Å². The normalized spacial score (nSPS) is 10.4. The standard InChI is InChI=1S/C18H17ClN2O2S/c1-22-17-10-13(11-21-18-20-7-8-24-18)5-6-16(17)23-12-14-3-2-4-15(19)9-14/h2-10H,11-12H2,1H3,(H,20,21). The Morgan fingerprint density at radius 3 is 2.79 bits per heavy atom. The summed E-state index contributed by atoms with van der Waals surface area (Å²) in [7, 11) is 1.64. The van der Waals surface area contributed by atoms with Crippen LogP contribution < -0.4 is 14.8 Å². The lowest BCUT2D eigenvalue weighted by atomic mass is 10.2. The summed E-state index contributed by atoms with van der Waals surface area (Å²) in [5.41, 5.74) is 2.11. The first-order chi connectivity index (χ1) is 11.7. The van der Waals surface area contributed by atoms with Crippen LogP contribution in [0.5, 0.6) is 11.5 Å². The maximum atomic E-state index is 5.99. The third-order valence-corrected chi connectivity index (χ3v) is 4.35. The van der Waals surface area contributed by atoms with Crippen molar-refractivity contribution < 1.29 is 9.47 Å². The van der Waals surface area contributed by atoms with E-state index in [1.165, 1.54) is 0 Å². The van der Waals surface area contributed by atoms with Crippen molar-refractivity contribution in [2.45, 2.75) is 13.2 Å². The minimum Gasteiger partial charge on any atom is -0.493 e. The van der Waals surface area contributed by atoms with Gasteiger partial charge in [-0.05, 0) is 35.4 Å². The van der Waals surface area contributed by atoms with Crippen LogP contribution in [0.1, 0.15) is 11.1 Å². The van der Waals surface area contributed by atoms with Gasteiger partial charge in [-0.2, -0.15) is 0 Å². The third-order valence-electron chi connectivity index (χ3n) is 3.39. The summed E-state index contributed by atoms with van der Waals surface area (Å²) in [6, 6.07) is 13.5. The lowest BCUT2D eigenvalue weighted by Crippen LogP contribution is -2.01. The average molecular weight is 361 g/mol. The monoisotopic (exact) mass is 360 g/mol. The zero-order valence-electron chi connectivity index (χ0n) is 13.2. The van der Waals surface area contributed by atoms with E-state index in [1.807, 2.05) is 47.8 Å². The number of anilines is 1. The lowest BCUT2D eigenvalue weighted by molar-refractivity contribution is 0.284. The maximum absolute atomic E-state index is 5.99. The number of ether oxygens (including phenoxy) is 2. The van der Waals surface area contributed by atoms with Crippen molar-refractivity contribution >= 4 is 28.1 Å².